The maximum Gasteiger partial charge on any atom is 0.257 e. The van der Waals surface area contributed by atoms with E-state index in [1.165, 1.54) is 23.0 Å². The third kappa shape index (κ3) is 4.45. The van der Waals surface area contributed by atoms with E-state index in [4.69, 9.17) is 28.2 Å². The molecule has 1 N–H and O–H groups in total. The minimum atomic E-state index is -0.447. The lowest BCUT2D eigenvalue weighted by Gasteiger charge is -2.10. The molecule has 0 fully saturated rings. The van der Waals surface area contributed by atoms with Crippen LogP contribution in [0.1, 0.15) is 28.5 Å². The van der Waals surface area contributed by atoms with Crippen LogP contribution in [0.25, 0.3) is 22.2 Å². The van der Waals surface area contributed by atoms with Gasteiger partial charge in [0.2, 0.25) is 0 Å². The third-order valence-electron chi connectivity index (χ3n) is 5.97. The average molecular weight is 523 g/mol. The van der Waals surface area contributed by atoms with Gasteiger partial charge in [0.05, 0.1) is 29.5 Å². The zero-order chi connectivity index (χ0) is 25.4. The van der Waals surface area contributed by atoms with E-state index in [0.29, 0.717) is 22.2 Å². The van der Waals surface area contributed by atoms with Crippen LogP contribution < -0.4 is 5.32 Å². The first-order valence-electron chi connectivity index (χ1n) is 11.3. The third-order valence-corrected chi connectivity index (χ3v) is 6.60. The van der Waals surface area contributed by atoms with E-state index >= 15 is 0 Å². The number of rotatable bonds is 6. The predicted octanol–water partition coefficient (Wildman–Crippen LogP) is 6.37. The molecule has 7 nitrogen and oxygen atoms in total. The van der Waals surface area contributed by atoms with Gasteiger partial charge in [-0.05, 0) is 38.1 Å². The SMILES string of the molecule is CCn1ncc(-c2cc(C(=O)Nc3nn(Cc4c(F)cccc4Cl)cc3Cl)c3ccccc3n2)c1C. The molecule has 0 bridgehead atoms. The zero-order valence-corrected chi connectivity index (χ0v) is 21.0. The van der Waals surface area contributed by atoms with Crippen LogP contribution in [0, 0.1) is 12.7 Å². The molecule has 0 aliphatic heterocycles. The quantitative estimate of drug-likeness (QED) is 0.281. The molecule has 3 aromatic heterocycles. The van der Waals surface area contributed by atoms with Crippen molar-refractivity contribution in [3.8, 4) is 11.3 Å². The minimum Gasteiger partial charge on any atom is -0.304 e. The molecule has 0 aliphatic rings. The number of para-hydroxylation sites is 1. The van der Waals surface area contributed by atoms with Gasteiger partial charge in [-0.2, -0.15) is 10.2 Å². The molecule has 0 saturated carbocycles. The zero-order valence-electron chi connectivity index (χ0n) is 19.5. The number of aryl methyl sites for hydroxylation is 1. The second kappa shape index (κ2) is 9.72. The number of amides is 1. The van der Waals surface area contributed by atoms with Crippen molar-refractivity contribution in [2.75, 3.05) is 5.32 Å². The first kappa shape index (κ1) is 24.0. The molecule has 3 heterocycles. The molecule has 0 unspecified atom stereocenters. The highest BCUT2D eigenvalue weighted by atomic mass is 35.5. The maximum atomic E-state index is 14.2. The van der Waals surface area contributed by atoms with Crippen molar-refractivity contribution >= 4 is 45.8 Å². The molecule has 0 saturated heterocycles. The summed E-state index contributed by atoms with van der Waals surface area (Å²) in [5.74, 6) is -0.685. The van der Waals surface area contributed by atoms with Crippen LogP contribution >= 0.6 is 23.2 Å². The van der Waals surface area contributed by atoms with Gasteiger partial charge in [0.15, 0.2) is 5.82 Å². The van der Waals surface area contributed by atoms with E-state index in [2.05, 4.69) is 15.5 Å². The van der Waals surface area contributed by atoms with Crippen LogP contribution in [-0.4, -0.2) is 30.5 Å². The van der Waals surface area contributed by atoms with Crippen molar-refractivity contribution in [3.63, 3.8) is 0 Å². The Morgan fingerprint density at radius 2 is 1.92 bits per heavy atom. The molecular formula is C26H21Cl2FN6O. The number of nitrogens with one attached hydrogen (secondary N) is 1. The number of anilines is 1. The number of carbonyl (C=O) groups is 1. The first-order chi connectivity index (χ1) is 17.4. The lowest BCUT2D eigenvalue weighted by atomic mass is 10.0. The molecule has 0 atom stereocenters. The van der Waals surface area contributed by atoms with Crippen LogP contribution in [-0.2, 0) is 13.1 Å². The first-order valence-corrected chi connectivity index (χ1v) is 12.0. The van der Waals surface area contributed by atoms with Gasteiger partial charge in [-0.1, -0.05) is 47.5 Å². The molecule has 36 heavy (non-hydrogen) atoms. The lowest BCUT2D eigenvalue weighted by Crippen LogP contribution is -2.14. The number of halogens is 3. The minimum absolute atomic E-state index is 0.0597. The largest absolute Gasteiger partial charge is 0.304 e. The van der Waals surface area contributed by atoms with Crippen molar-refractivity contribution in [2.45, 2.75) is 26.9 Å². The van der Waals surface area contributed by atoms with Gasteiger partial charge in [0, 0.05) is 40.0 Å². The van der Waals surface area contributed by atoms with Crippen LogP contribution in [0.5, 0.6) is 0 Å². The summed E-state index contributed by atoms with van der Waals surface area (Å²) in [6.45, 7) is 4.77. The van der Waals surface area contributed by atoms with Gasteiger partial charge in [0.1, 0.15) is 10.8 Å². The molecule has 2 aromatic carbocycles. The summed E-state index contributed by atoms with van der Waals surface area (Å²) in [5, 5.41) is 12.7. The van der Waals surface area contributed by atoms with Crippen LogP contribution in [0.3, 0.4) is 0 Å². The Labute approximate surface area is 216 Å². The molecule has 0 spiro atoms. The van der Waals surface area contributed by atoms with Crippen LogP contribution in [0.2, 0.25) is 10.0 Å². The van der Waals surface area contributed by atoms with Gasteiger partial charge >= 0.3 is 0 Å². The number of benzene rings is 2. The Bertz CT molecular complexity index is 1590. The number of carbonyl (C=O) groups excluding carboxylic acids is 1. The number of nitrogens with zero attached hydrogens (tertiary/aromatic N) is 5. The van der Waals surface area contributed by atoms with E-state index in [9.17, 15) is 9.18 Å². The van der Waals surface area contributed by atoms with Crippen molar-refractivity contribution in [1.82, 2.24) is 24.5 Å². The van der Waals surface area contributed by atoms with E-state index in [1.807, 2.05) is 42.8 Å². The fourth-order valence-electron chi connectivity index (χ4n) is 4.10. The van der Waals surface area contributed by atoms with E-state index in [0.717, 1.165) is 17.8 Å². The second-order valence-corrected chi connectivity index (χ2v) is 9.02. The predicted molar refractivity (Wildman–Crippen MR) is 139 cm³/mol. The number of fused-ring (bicyclic) bond motifs is 1. The normalized spacial score (nSPS) is 11.2. The maximum absolute atomic E-state index is 14.2. The Hall–Kier alpha value is -3.75. The Kier molecular flexibility index (Phi) is 6.47. The molecule has 5 aromatic rings. The Morgan fingerprint density at radius 1 is 1.11 bits per heavy atom. The number of hydrogen-bond donors (Lipinski definition) is 1. The van der Waals surface area contributed by atoms with Crippen LogP contribution in [0.15, 0.2) is 60.9 Å². The van der Waals surface area contributed by atoms with Gasteiger partial charge in [-0.3, -0.25) is 14.2 Å². The molecule has 182 valence electrons. The summed E-state index contributed by atoms with van der Waals surface area (Å²) in [6, 6.07) is 13.6. The van der Waals surface area contributed by atoms with Crippen molar-refractivity contribution in [2.24, 2.45) is 0 Å². The highest BCUT2D eigenvalue weighted by molar-refractivity contribution is 6.33. The van der Waals surface area contributed by atoms with Crippen molar-refractivity contribution in [3.05, 3.63) is 93.6 Å². The molecule has 0 aliphatic carbocycles. The van der Waals surface area contributed by atoms with Gasteiger partial charge < -0.3 is 5.32 Å². The standard InChI is InChI=1S/C26H21Cl2FN6O/c1-3-35-15(2)18(12-30-35)24-11-17(16-7-4-5-10-23(16)31-24)26(36)32-25-21(28)14-34(33-25)13-19-20(27)8-6-9-22(19)29/h4-12,14H,3,13H2,1-2H3,(H,32,33,36). The second-order valence-electron chi connectivity index (χ2n) is 8.21. The summed E-state index contributed by atoms with van der Waals surface area (Å²) < 4.78 is 17.5. The van der Waals surface area contributed by atoms with E-state index in [-0.39, 0.29) is 28.0 Å². The Balaban J connectivity index is 1.49. The number of hydrogen-bond acceptors (Lipinski definition) is 4. The summed E-state index contributed by atoms with van der Waals surface area (Å²) in [6.07, 6.45) is 3.27. The lowest BCUT2D eigenvalue weighted by molar-refractivity contribution is 0.102. The number of aromatic nitrogens is 5. The fraction of sp³-hybridized carbons (Fsp3) is 0.154. The van der Waals surface area contributed by atoms with E-state index < -0.39 is 11.7 Å². The molecule has 10 heteroatoms. The van der Waals surface area contributed by atoms with Crippen LogP contribution in [0.4, 0.5) is 10.2 Å². The molecular weight excluding hydrogens is 502 g/mol. The molecule has 0 radical (unpaired) electrons. The average Bonchev–Trinajstić information content (AvgIpc) is 3.41. The summed E-state index contributed by atoms with van der Waals surface area (Å²) in [7, 11) is 0. The topological polar surface area (TPSA) is 77.6 Å². The molecule has 1 amide bonds. The fourth-order valence-corrected chi connectivity index (χ4v) is 4.52. The summed E-state index contributed by atoms with van der Waals surface area (Å²) in [5.41, 5.74) is 3.82. The van der Waals surface area contributed by atoms with Crippen molar-refractivity contribution in [1.29, 1.82) is 0 Å². The van der Waals surface area contributed by atoms with Gasteiger partial charge in [-0.15, -0.1) is 0 Å². The smallest absolute Gasteiger partial charge is 0.257 e. The van der Waals surface area contributed by atoms with Gasteiger partial charge in [0.25, 0.3) is 5.91 Å². The summed E-state index contributed by atoms with van der Waals surface area (Å²) in [4.78, 5) is 18.2. The summed E-state index contributed by atoms with van der Waals surface area (Å²) >= 11 is 12.5. The Morgan fingerprint density at radius 3 is 2.67 bits per heavy atom. The monoisotopic (exact) mass is 522 g/mol. The highest BCUT2D eigenvalue weighted by Crippen LogP contribution is 2.29. The highest BCUT2D eigenvalue weighted by Gasteiger charge is 2.19. The molecule has 5 rings (SSSR count). The van der Waals surface area contributed by atoms with Gasteiger partial charge in [-0.25, -0.2) is 9.37 Å². The van der Waals surface area contributed by atoms with E-state index in [1.54, 1.807) is 18.3 Å². The number of pyridine rings is 1. The van der Waals surface area contributed by atoms with Crippen molar-refractivity contribution < 1.29 is 9.18 Å².